The summed E-state index contributed by atoms with van der Waals surface area (Å²) in [4.78, 5) is 75.9. The smallest absolute Gasteiger partial charge is 0.293 e. The minimum atomic E-state index is -3.37. The normalized spacial score (nSPS) is 11.1. The molecule has 0 aliphatic heterocycles. The van der Waals surface area contributed by atoms with Gasteiger partial charge in [-0.1, -0.05) is 157 Å². The molecule has 0 unspecified atom stereocenters. The molecule has 0 spiro atoms. The molecular formula is C72H72Cl6N6O11S. The Balaban J connectivity index is 0.000000203. The summed E-state index contributed by atoms with van der Waals surface area (Å²) in [6.07, 6.45) is 5.95. The van der Waals surface area contributed by atoms with Gasteiger partial charge in [-0.05, 0) is 174 Å². The van der Waals surface area contributed by atoms with E-state index in [0.29, 0.717) is 117 Å². The Morgan fingerprint density at radius 2 is 0.781 bits per heavy atom. The molecule has 0 saturated carbocycles. The van der Waals surface area contributed by atoms with Gasteiger partial charge in [0, 0.05) is 47.0 Å². The minimum Gasteiger partial charge on any atom is -0.502 e. The Morgan fingerprint density at radius 1 is 0.438 bits per heavy atom. The first-order valence-electron chi connectivity index (χ1n) is 30.4. The first-order chi connectivity index (χ1) is 45.5. The topological polar surface area (TPSA) is 248 Å². The molecule has 9 rings (SSSR count). The lowest BCUT2D eigenvalue weighted by molar-refractivity contribution is 0.0941. The molecule has 17 nitrogen and oxygen atoms in total. The van der Waals surface area contributed by atoms with Gasteiger partial charge in [0.1, 0.15) is 0 Å². The van der Waals surface area contributed by atoms with Crippen LogP contribution in [0, 0.1) is 0 Å². The predicted octanol–water partition coefficient (Wildman–Crippen LogP) is 14.4. The largest absolute Gasteiger partial charge is 0.502 e. The molecule has 0 saturated heterocycles. The van der Waals surface area contributed by atoms with Crippen LogP contribution in [0.4, 0.5) is 0 Å². The minimum absolute atomic E-state index is 0.0328. The highest BCUT2D eigenvalue weighted by Crippen LogP contribution is 2.30. The van der Waals surface area contributed by atoms with Crippen LogP contribution in [0.2, 0.25) is 30.1 Å². The second kappa shape index (κ2) is 34.1. The molecule has 96 heavy (non-hydrogen) atoms. The summed E-state index contributed by atoms with van der Waals surface area (Å²) in [6, 6.07) is 42.2. The van der Waals surface area contributed by atoms with E-state index in [1.807, 2.05) is 73.7 Å². The van der Waals surface area contributed by atoms with Crippen molar-refractivity contribution in [2.45, 2.75) is 76.5 Å². The third kappa shape index (κ3) is 19.5. The molecular weight excluding hydrogens is 1370 g/mol. The maximum absolute atomic E-state index is 12.7. The summed E-state index contributed by atoms with van der Waals surface area (Å²) in [5.41, 5.74) is 6.69. The highest BCUT2D eigenvalue weighted by Gasteiger charge is 2.23. The first-order valence-corrected chi connectivity index (χ1v) is 34.6. The maximum atomic E-state index is 12.7. The van der Waals surface area contributed by atoms with E-state index in [-0.39, 0.29) is 21.6 Å². The summed E-state index contributed by atoms with van der Waals surface area (Å²) >= 11 is 35.8. The van der Waals surface area contributed by atoms with Crippen molar-refractivity contribution in [1.82, 2.24) is 29.7 Å². The molecule has 0 aliphatic rings. The number of nitrogens with one attached hydrogen (secondary N) is 3. The molecule has 0 radical (unpaired) electrons. The molecule has 0 aliphatic carbocycles. The number of pyridine rings is 3. The number of hydrogen-bond donors (Lipinski definition) is 6. The van der Waals surface area contributed by atoms with Gasteiger partial charge in [0.05, 0.1) is 68.8 Å². The number of carbonyl (C=O) groups excluding carboxylic acids is 3. The average Bonchev–Trinajstić information content (AvgIpc) is 0.802. The number of aromatic hydroxyl groups is 3. The molecule has 0 atom stereocenters. The van der Waals surface area contributed by atoms with E-state index >= 15 is 0 Å². The molecule has 3 heterocycles. The Kier molecular flexibility index (Phi) is 26.6. The first kappa shape index (κ1) is 75.1. The van der Waals surface area contributed by atoms with E-state index in [4.69, 9.17) is 69.6 Å². The fourth-order valence-corrected chi connectivity index (χ4v) is 11.7. The summed E-state index contributed by atoms with van der Waals surface area (Å²) in [6.45, 7) is 7.30. The monoisotopic (exact) mass is 1440 g/mol. The highest BCUT2D eigenvalue weighted by atomic mass is 35.5. The lowest BCUT2D eigenvalue weighted by Crippen LogP contribution is -2.28. The van der Waals surface area contributed by atoms with Gasteiger partial charge < -0.3 is 45.0 Å². The third-order valence-electron chi connectivity index (χ3n) is 15.7. The molecule has 24 heteroatoms. The van der Waals surface area contributed by atoms with Crippen LogP contribution in [0.25, 0.3) is 33.8 Å². The van der Waals surface area contributed by atoms with Crippen LogP contribution >= 0.6 is 69.6 Å². The van der Waals surface area contributed by atoms with E-state index in [9.17, 15) is 52.5 Å². The second-order valence-corrected chi connectivity index (χ2v) is 27.4. The number of halogens is 6. The van der Waals surface area contributed by atoms with Crippen molar-refractivity contribution in [2.24, 2.45) is 21.1 Å². The van der Waals surface area contributed by atoms with Crippen molar-refractivity contribution in [2.75, 3.05) is 25.9 Å². The fraction of sp³-hybridized carbons (Fsp3) is 0.250. The summed E-state index contributed by atoms with van der Waals surface area (Å²) in [7, 11) is 1.25. The van der Waals surface area contributed by atoms with Crippen molar-refractivity contribution >= 4 is 97.2 Å². The Labute approximate surface area is 586 Å². The molecule has 0 fully saturated rings. The quantitative estimate of drug-likeness (QED) is 0.0369. The number of hydrogen-bond acceptors (Lipinski definition) is 11. The lowest BCUT2D eigenvalue weighted by Gasteiger charge is -2.14. The van der Waals surface area contributed by atoms with E-state index < -0.39 is 61.5 Å². The van der Waals surface area contributed by atoms with Crippen molar-refractivity contribution in [3.05, 3.63) is 251 Å². The molecule has 6 N–H and O–H groups in total. The summed E-state index contributed by atoms with van der Waals surface area (Å²) < 4.78 is 27.3. The van der Waals surface area contributed by atoms with Crippen LogP contribution < -0.4 is 32.6 Å². The number of benzene rings is 6. The number of rotatable bonds is 21. The highest BCUT2D eigenvalue weighted by molar-refractivity contribution is 7.90. The van der Waals surface area contributed by atoms with E-state index in [0.717, 1.165) is 51.6 Å². The molecule has 504 valence electrons. The second-order valence-electron chi connectivity index (χ2n) is 22.9. The standard InChI is InChI=1S/C25H26Cl2N2O3.C24H24Cl2N2O3.C23H22Cl2N2O5S/c1-15(2)17-7-4-8-18(13-17)22-14-19(23(30)25(32)29(22)3)24(31)28-11-5-6-16-9-10-20(26)21(27)12-16;1-3-15-6-4-8-17(12-15)21-14-18(22(29)24(31)28(21)2)23(30)27-11-5-7-16-9-10-19(25)20(26)13-16;1-27-20(15-6-8-16(9-7-15)33(2,31)32)13-17(21(28)23(27)30)22(29)26-11-3-4-14-5-10-18(24)19(25)12-14/h4,7-10,12-15,30H,5-6,11H2,1-3H3,(H,28,31);4,6,8-10,12-14,29H,3,5,7,11H2,1-2H3,(H,27,30);5-10,12-13,28H,3-4,11H2,1-2H3,(H,26,29). The molecule has 3 aromatic heterocycles. The zero-order valence-electron chi connectivity index (χ0n) is 53.6. The van der Waals surface area contributed by atoms with Gasteiger partial charge in [-0.15, -0.1) is 0 Å². The van der Waals surface area contributed by atoms with Crippen molar-refractivity contribution < 1.29 is 38.1 Å². The Morgan fingerprint density at radius 3 is 1.11 bits per heavy atom. The van der Waals surface area contributed by atoms with Gasteiger partial charge in [0.25, 0.3) is 34.4 Å². The van der Waals surface area contributed by atoms with E-state index in [1.165, 1.54) is 38.9 Å². The number of aromatic nitrogens is 3. The van der Waals surface area contributed by atoms with Crippen LogP contribution in [0.15, 0.2) is 165 Å². The van der Waals surface area contributed by atoms with Crippen molar-refractivity contribution in [3.63, 3.8) is 0 Å². The zero-order valence-corrected chi connectivity index (χ0v) is 59.0. The number of carbonyl (C=O) groups is 3. The number of aryl methyl sites for hydroxylation is 4. The Bertz CT molecular complexity index is 4670. The maximum Gasteiger partial charge on any atom is 0.293 e. The predicted molar refractivity (Wildman–Crippen MR) is 384 cm³/mol. The third-order valence-corrected chi connectivity index (χ3v) is 19.1. The van der Waals surface area contributed by atoms with Gasteiger partial charge in [0.2, 0.25) is 0 Å². The average molecular weight is 1440 g/mol. The zero-order chi connectivity index (χ0) is 70.3. The molecule has 9 aromatic rings. The van der Waals surface area contributed by atoms with Crippen LogP contribution in [-0.2, 0) is 56.7 Å². The van der Waals surface area contributed by atoms with Gasteiger partial charge in [-0.3, -0.25) is 28.8 Å². The molecule has 0 bridgehead atoms. The van der Waals surface area contributed by atoms with Crippen LogP contribution in [0.5, 0.6) is 17.2 Å². The van der Waals surface area contributed by atoms with E-state index in [2.05, 4.69) is 29.8 Å². The van der Waals surface area contributed by atoms with Crippen LogP contribution in [0.1, 0.15) is 105 Å². The fourth-order valence-electron chi connectivity index (χ4n) is 10.1. The number of amides is 3. The SMILES string of the molecule is CC(C)c1cccc(-c2cc(C(=O)NCCCc3ccc(Cl)c(Cl)c3)c(O)c(=O)n2C)c1.CCc1cccc(-c2cc(C(=O)NCCCc3ccc(Cl)c(Cl)c3)c(O)c(=O)n2C)c1.Cn1c(-c2ccc(S(C)(=O)=O)cc2)cc(C(=O)NCCCc2ccc(Cl)c(Cl)c2)c(O)c1=O. The van der Waals surface area contributed by atoms with Crippen LogP contribution in [0.3, 0.4) is 0 Å². The van der Waals surface area contributed by atoms with Gasteiger partial charge in [0.15, 0.2) is 27.1 Å². The lowest BCUT2D eigenvalue weighted by atomic mass is 9.98. The van der Waals surface area contributed by atoms with Crippen molar-refractivity contribution in [3.8, 4) is 51.0 Å². The summed E-state index contributed by atoms with van der Waals surface area (Å²) in [5.74, 6) is -3.02. The summed E-state index contributed by atoms with van der Waals surface area (Å²) in [5, 5.41) is 42.1. The Hall–Kier alpha value is -8.33. The van der Waals surface area contributed by atoms with Crippen molar-refractivity contribution in [1.29, 1.82) is 0 Å². The number of nitrogens with zero attached hydrogens (tertiary/aromatic N) is 3. The van der Waals surface area contributed by atoms with Gasteiger partial charge in [-0.2, -0.15) is 0 Å². The molecule has 3 amide bonds. The van der Waals surface area contributed by atoms with Gasteiger partial charge >= 0.3 is 0 Å². The van der Waals surface area contributed by atoms with Gasteiger partial charge in [-0.25, -0.2) is 8.42 Å². The van der Waals surface area contributed by atoms with Crippen LogP contribution in [-0.4, -0.2) is 81.1 Å². The number of sulfone groups is 1. The molecule has 6 aromatic carbocycles. The van der Waals surface area contributed by atoms with E-state index in [1.54, 1.807) is 74.8 Å².